The molecule has 1 heterocycles. The molecule has 2 aromatic rings. The Kier molecular flexibility index (Phi) is 2.49. The first-order valence-electron chi connectivity index (χ1n) is 4.58. The first kappa shape index (κ1) is 10.4. The van der Waals surface area contributed by atoms with E-state index in [1.165, 1.54) is 7.11 Å². The number of aromatic nitrogens is 1. The number of hydrogen-bond donors (Lipinski definition) is 2. The number of rotatable bonds is 2. The molecule has 6 nitrogen and oxygen atoms in total. The lowest BCUT2D eigenvalue weighted by Crippen LogP contribution is -2.22. The molecule has 0 amide bonds. The molecule has 0 fully saturated rings. The molecular formula is C10H10N2O4. The second kappa shape index (κ2) is 3.82. The number of methoxy groups -OCH3 is 1. The standard InChI is InChI=1S/C10H10N2O4/c1-15-9(13)8(11)5-2-3-7-6(4-5)12-10(14)16-7/h2-4,8H,11H2,1H3,(H,12,14). The topological polar surface area (TPSA) is 98.3 Å². The summed E-state index contributed by atoms with van der Waals surface area (Å²) >= 11 is 0. The van der Waals surface area contributed by atoms with Gasteiger partial charge in [-0.15, -0.1) is 0 Å². The number of aromatic amines is 1. The van der Waals surface area contributed by atoms with Crippen LogP contribution in [0.1, 0.15) is 11.6 Å². The summed E-state index contributed by atoms with van der Waals surface area (Å²) in [5.41, 5.74) is 7.13. The summed E-state index contributed by atoms with van der Waals surface area (Å²) in [6.45, 7) is 0. The van der Waals surface area contributed by atoms with Crippen molar-refractivity contribution < 1.29 is 13.9 Å². The summed E-state index contributed by atoms with van der Waals surface area (Å²) in [6.07, 6.45) is 0. The fourth-order valence-electron chi connectivity index (χ4n) is 1.43. The van der Waals surface area contributed by atoms with Crippen LogP contribution in [0.4, 0.5) is 0 Å². The average Bonchev–Trinajstić information content (AvgIpc) is 2.65. The number of carbonyl (C=O) groups excluding carboxylic acids is 1. The van der Waals surface area contributed by atoms with E-state index in [1.807, 2.05) is 0 Å². The second-order valence-electron chi connectivity index (χ2n) is 3.27. The summed E-state index contributed by atoms with van der Waals surface area (Å²) in [6, 6.07) is 3.90. The predicted molar refractivity (Wildman–Crippen MR) is 55.8 cm³/mol. The lowest BCUT2D eigenvalue weighted by Gasteiger charge is -2.08. The van der Waals surface area contributed by atoms with Gasteiger partial charge in [-0.3, -0.25) is 9.78 Å². The monoisotopic (exact) mass is 222 g/mol. The van der Waals surface area contributed by atoms with Gasteiger partial charge in [0.2, 0.25) is 0 Å². The molecule has 1 aromatic heterocycles. The lowest BCUT2D eigenvalue weighted by molar-refractivity contribution is -0.142. The van der Waals surface area contributed by atoms with Crippen molar-refractivity contribution in [1.82, 2.24) is 4.98 Å². The van der Waals surface area contributed by atoms with Crippen LogP contribution in [0.15, 0.2) is 27.4 Å². The molecule has 1 atom stereocenters. The smallest absolute Gasteiger partial charge is 0.417 e. The maximum absolute atomic E-state index is 11.2. The minimum absolute atomic E-state index is 0.422. The third-order valence-electron chi connectivity index (χ3n) is 2.26. The molecule has 0 spiro atoms. The highest BCUT2D eigenvalue weighted by molar-refractivity contribution is 5.80. The van der Waals surface area contributed by atoms with Gasteiger partial charge in [-0.05, 0) is 17.7 Å². The van der Waals surface area contributed by atoms with Crippen LogP contribution in [-0.4, -0.2) is 18.1 Å². The van der Waals surface area contributed by atoms with Gasteiger partial charge < -0.3 is 14.9 Å². The highest BCUT2D eigenvalue weighted by atomic mass is 16.5. The molecule has 0 radical (unpaired) electrons. The van der Waals surface area contributed by atoms with Gasteiger partial charge >= 0.3 is 11.7 Å². The largest absolute Gasteiger partial charge is 0.468 e. The van der Waals surface area contributed by atoms with Gasteiger partial charge in [0.25, 0.3) is 0 Å². The van der Waals surface area contributed by atoms with E-state index in [0.717, 1.165) is 0 Å². The number of nitrogens with two attached hydrogens (primary N) is 1. The van der Waals surface area contributed by atoms with Gasteiger partial charge in [-0.25, -0.2) is 4.79 Å². The second-order valence-corrected chi connectivity index (χ2v) is 3.27. The van der Waals surface area contributed by atoms with Gasteiger partial charge in [0, 0.05) is 0 Å². The first-order chi connectivity index (χ1) is 7.61. The zero-order valence-corrected chi connectivity index (χ0v) is 8.52. The van der Waals surface area contributed by atoms with Crippen molar-refractivity contribution >= 4 is 17.1 Å². The Morgan fingerprint density at radius 2 is 2.31 bits per heavy atom. The van der Waals surface area contributed by atoms with Crippen molar-refractivity contribution in [2.45, 2.75) is 6.04 Å². The third kappa shape index (κ3) is 1.70. The first-order valence-corrected chi connectivity index (χ1v) is 4.58. The zero-order valence-electron chi connectivity index (χ0n) is 8.52. The maximum atomic E-state index is 11.2. The van der Waals surface area contributed by atoms with E-state index in [-0.39, 0.29) is 0 Å². The highest BCUT2D eigenvalue weighted by Crippen LogP contribution is 2.17. The summed E-state index contributed by atoms with van der Waals surface area (Å²) in [4.78, 5) is 24.6. The van der Waals surface area contributed by atoms with E-state index in [0.29, 0.717) is 16.7 Å². The molecule has 6 heteroatoms. The Labute approximate surface area is 90.0 Å². The van der Waals surface area contributed by atoms with Gasteiger partial charge in [0.05, 0.1) is 12.6 Å². The normalized spacial score (nSPS) is 12.6. The van der Waals surface area contributed by atoms with Gasteiger partial charge in [0.1, 0.15) is 6.04 Å². The minimum atomic E-state index is -0.868. The van der Waals surface area contributed by atoms with Crippen molar-refractivity contribution in [1.29, 1.82) is 0 Å². The summed E-state index contributed by atoms with van der Waals surface area (Å²) < 4.78 is 9.35. The van der Waals surface area contributed by atoms with Gasteiger partial charge in [-0.2, -0.15) is 0 Å². The van der Waals surface area contributed by atoms with Crippen molar-refractivity contribution in [3.05, 3.63) is 34.3 Å². The molecule has 0 bridgehead atoms. The van der Waals surface area contributed by atoms with E-state index in [2.05, 4.69) is 9.72 Å². The number of H-pyrrole nitrogens is 1. The molecule has 0 saturated heterocycles. The molecule has 0 aliphatic heterocycles. The number of esters is 1. The molecule has 2 rings (SSSR count). The predicted octanol–water partition coefficient (Wildman–Crippen LogP) is 0.294. The Bertz CT molecular complexity index is 584. The molecular weight excluding hydrogens is 212 g/mol. The molecule has 0 saturated carbocycles. The molecule has 0 aliphatic carbocycles. The van der Waals surface area contributed by atoms with E-state index in [9.17, 15) is 9.59 Å². The third-order valence-corrected chi connectivity index (χ3v) is 2.26. The van der Waals surface area contributed by atoms with Crippen LogP contribution in [0.25, 0.3) is 11.1 Å². The Hall–Kier alpha value is -2.08. The van der Waals surface area contributed by atoms with E-state index >= 15 is 0 Å². The van der Waals surface area contributed by atoms with Gasteiger partial charge in [0.15, 0.2) is 5.58 Å². The molecule has 3 N–H and O–H groups in total. The fraction of sp³-hybridized carbons (Fsp3) is 0.200. The zero-order chi connectivity index (χ0) is 11.7. The summed E-state index contributed by atoms with van der Waals surface area (Å²) in [5.74, 6) is -1.08. The number of carbonyl (C=O) groups is 1. The van der Waals surface area contributed by atoms with E-state index in [1.54, 1.807) is 18.2 Å². The van der Waals surface area contributed by atoms with E-state index < -0.39 is 17.8 Å². The number of benzene rings is 1. The molecule has 1 unspecified atom stereocenters. The quantitative estimate of drug-likeness (QED) is 0.712. The summed E-state index contributed by atoms with van der Waals surface area (Å²) in [7, 11) is 1.26. The van der Waals surface area contributed by atoms with Crippen LogP contribution in [0.2, 0.25) is 0 Å². The highest BCUT2D eigenvalue weighted by Gasteiger charge is 2.17. The lowest BCUT2D eigenvalue weighted by atomic mass is 10.1. The number of oxazole rings is 1. The van der Waals surface area contributed by atoms with Crippen LogP contribution in [0, 0.1) is 0 Å². The van der Waals surface area contributed by atoms with Crippen molar-refractivity contribution in [3.63, 3.8) is 0 Å². The van der Waals surface area contributed by atoms with Crippen molar-refractivity contribution in [2.75, 3.05) is 7.11 Å². The molecule has 0 aliphatic rings. The van der Waals surface area contributed by atoms with Crippen LogP contribution < -0.4 is 11.5 Å². The van der Waals surface area contributed by atoms with Crippen LogP contribution >= 0.6 is 0 Å². The number of nitrogens with one attached hydrogen (secondary N) is 1. The van der Waals surface area contributed by atoms with Crippen LogP contribution in [0.3, 0.4) is 0 Å². The van der Waals surface area contributed by atoms with Crippen LogP contribution in [-0.2, 0) is 9.53 Å². The van der Waals surface area contributed by atoms with Crippen LogP contribution in [0.5, 0.6) is 0 Å². The SMILES string of the molecule is COC(=O)C(N)c1ccc2oc(=O)[nH]c2c1. The maximum Gasteiger partial charge on any atom is 0.417 e. The van der Waals surface area contributed by atoms with Gasteiger partial charge in [-0.1, -0.05) is 6.07 Å². The van der Waals surface area contributed by atoms with Crippen molar-refractivity contribution in [2.24, 2.45) is 5.73 Å². The Morgan fingerprint density at radius 3 is 3.00 bits per heavy atom. The van der Waals surface area contributed by atoms with Crippen molar-refractivity contribution in [3.8, 4) is 0 Å². The fourth-order valence-corrected chi connectivity index (χ4v) is 1.43. The van der Waals surface area contributed by atoms with E-state index in [4.69, 9.17) is 10.2 Å². The molecule has 1 aromatic carbocycles. The number of ether oxygens (including phenoxy) is 1. The number of hydrogen-bond acceptors (Lipinski definition) is 5. The summed E-state index contributed by atoms with van der Waals surface area (Å²) in [5, 5.41) is 0. The Balaban J connectivity index is 2.46. The number of fused-ring (bicyclic) bond motifs is 1. The molecule has 16 heavy (non-hydrogen) atoms. The molecule has 84 valence electrons. The average molecular weight is 222 g/mol. The minimum Gasteiger partial charge on any atom is -0.468 e. The Morgan fingerprint density at radius 1 is 1.56 bits per heavy atom.